The molecule has 0 saturated heterocycles. The number of benzene rings is 3. The molecule has 6 heteroatoms. The minimum atomic E-state index is -0.391. The standard InChI is InChI=1S/C27H22N2O3S/c30-25-23-21-9-3-4-11-22(21)33-26(23)29-24(28-25)17-12-14-18(15-13-17)32-27(31)20-10-5-7-16-6-1-2-8-19(16)20/h1-2,5-8,10,12-15,24,29H,3-4,9,11H2,(H,28,30). The van der Waals surface area contributed by atoms with Gasteiger partial charge in [0.1, 0.15) is 16.9 Å². The van der Waals surface area contributed by atoms with E-state index < -0.39 is 5.97 Å². The SMILES string of the molecule is O=C1NC(c2ccc(OC(=O)c3cccc4ccccc34)cc2)Nc2sc3c(c21)CCCC3. The van der Waals surface area contributed by atoms with Gasteiger partial charge in [0.05, 0.1) is 11.1 Å². The Balaban J connectivity index is 1.21. The summed E-state index contributed by atoms with van der Waals surface area (Å²) in [4.78, 5) is 27.0. The van der Waals surface area contributed by atoms with E-state index in [4.69, 9.17) is 4.74 Å². The second-order valence-corrected chi connectivity index (χ2v) is 9.56. The third-order valence-corrected chi connectivity index (χ3v) is 7.61. The van der Waals surface area contributed by atoms with Crippen LogP contribution in [-0.2, 0) is 12.8 Å². The van der Waals surface area contributed by atoms with E-state index in [1.165, 1.54) is 16.9 Å². The third kappa shape index (κ3) is 3.56. The molecule has 2 heterocycles. The lowest BCUT2D eigenvalue weighted by Gasteiger charge is -2.27. The van der Waals surface area contributed by atoms with Crippen molar-refractivity contribution in [3.63, 3.8) is 0 Å². The molecule has 1 unspecified atom stereocenters. The normalized spacial score (nSPS) is 17.0. The number of ether oxygens (including phenoxy) is 1. The maximum Gasteiger partial charge on any atom is 0.344 e. The number of carbonyl (C=O) groups is 2. The van der Waals surface area contributed by atoms with E-state index in [2.05, 4.69) is 10.6 Å². The number of esters is 1. The minimum Gasteiger partial charge on any atom is -0.423 e. The molecule has 33 heavy (non-hydrogen) atoms. The van der Waals surface area contributed by atoms with Gasteiger partial charge in [0.25, 0.3) is 5.91 Å². The van der Waals surface area contributed by atoms with Crippen molar-refractivity contribution in [1.29, 1.82) is 0 Å². The lowest BCUT2D eigenvalue weighted by atomic mass is 9.94. The number of hydrogen-bond acceptors (Lipinski definition) is 5. The molecule has 4 aromatic rings. The van der Waals surface area contributed by atoms with Crippen LogP contribution in [-0.4, -0.2) is 11.9 Å². The van der Waals surface area contributed by atoms with Crippen LogP contribution in [0.4, 0.5) is 5.00 Å². The first-order valence-electron chi connectivity index (χ1n) is 11.2. The zero-order chi connectivity index (χ0) is 22.4. The summed E-state index contributed by atoms with van der Waals surface area (Å²) < 4.78 is 5.64. The minimum absolute atomic E-state index is 0.0142. The maximum absolute atomic E-state index is 12.9. The van der Waals surface area contributed by atoms with Crippen LogP contribution in [0.2, 0.25) is 0 Å². The highest BCUT2D eigenvalue weighted by Crippen LogP contribution is 2.41. The molecule has 1 atom stereocenters. The van der Waals surface area contributed by atoms with Gasteiger partial charge in [0.2, 0.25) is 0 Å². The van der Waals surface area contributed by atoms with Gasteiger partial charge in [-0.15, -0.1) is 11.3 Å². The number of aryl methyl sites for hydroxylation is 1. The Bertz CT molecular complexity index is 1390. The number of nitrogens with one attached hydrogen (secondary N) is 2. The molecule has 1 aliphatic heterocycles. The first kappa shape index (κ1) is 20.0. The van der Waals surface area contributed by atoms with Gasteiger partial charge in [-0.1, -0.05) is 48.5 Å². The van der Waals surface area contributed by atoms with Gasteiger partial charge in [-0.25, -0.2) is 4.79 Å². The van der Waals surface area contributed by atoms with E-state index in [0.29, 0.717) is 11.3 Å². The number of hydrogen-bond donors (Lipinski definition) is 2. The van der Waals surface area contributed by atoms with Crippen LogP contribution in [0.25, 0.3) is 10.8 Å². The quantitative estimate of drug-likeness (QED) is 0.301. The van der Waals surface area contributed by atoms with Gasteiger partial charge in [-0.2, -0.15) is 0 Å². The molecule has 0 radical (unpaired) electrons. The lowest BCUT2D eigenvalue weighted by Crippen LogP contribution is -2.38. The first-order chi connectivity index (χ1) is 16.2. The van der Waals surface area contributed by atoms with Crippen molar-refractivity contribution in [2.24, 2.45) is 0 Å². The number of carbonyl (C=O) groups excluding carboxylic acids is 2. The molecule has 1 aromatic heterocycles. The topological polar surface area (TPSA) is 67.4 Å². The molecule has 1 amide bonds. The van der Waals surface area contributed by atoms with Crippen LogP contribution in [0.1, 0.15) is 55.7 Å². The van der Waals surface area contributed by atoms with Crippen LogP contribution in [0.3, 0.4) is 0 Å². The van der Waals surface area contributed by atoms with Crippen molar-refractivity contribution in [3.05, 3.63) is 93.9 Å². The van der Waals surface area contributed by atoms with Crippen LogP contribution in [0.15, 0.2) is 66.7 Å². The van der Waals surface area contributed by atoms with Crippen molar-refractivity contribution in [1.82, 2.24) is 5.32 Å². The zero-order valence-corrected chi connectivity index (χ0v) is 18.7. The lowest BCUT2D eigenvalue weighted by molar-refractivity contribution is 0.0736. The summed E-state index contributed by atoms with van der Waals surface area (Å²) in [7, 11) is 0. The van der Waals surface area contributed by atoms with Crippen LogP contribution >= 0.6 is 11.3 Å². The predicted octanol–water partition coefficient (Wildman–Crippen LogP) is 5.85. The van der Waals surface area contributed by atoms with E-state index in [9.17, 15) is 9.59 Å². The van der Waals surface area contributed by atoms with Gasteiger partial charge in [-0.3, -0.25) is 4.79 Å². The fourth-order valence-corrected chi connectivity index (χ4v) is 6.05. The highest BCUT2D eigenvalue weighted by atomic mass is 32.1. The van der Waals surface area contributed by atoms with Crippen LogP contribution in [0, 0.1) is 0 Å². The molecular weight excluding hydrogens is 432 g/mol. The van der Waals surface area contributed by atoms with Gasteiger partial charge in [0, 0.05) is 4.88 Å². The molecule has 2 N–H and O–H groups in total. The number of thiophene rings is 1. The second kappa shape index (κ2) is 8.05. The molecule has 0 bridgehead atoms. The predicted molar refractivity (Wildman–Crippen MR) is 130 cm³/mol. The molecule has 0 fully saturated rings. The molecule has 5 nitrogen and oxygen atoms in total. The Morgan fingerprint density at radius 1 is 0.909 bits per heavy atom. The average Bonchev–Trinajstić information content (AvgIpc) is 3.23. The smallest absolute Gasteiger partial charge is 0.344 e. The third-order valence-electron chi connectivity index (χ3n) is 6.38. The molecule has 1 aliphatic carbocycles. The number of fused-ring (bicyclic) bond motifs is 4. The second-order valence-electron chi connectivity index (χ2n) is 8.45. The molecule has 0 saturated carbocycles. The summed E-state index contributed by atoms with van der Waals surface area (Å²) >= 11 is 1.71. The monoisotopic (exact) mass is 454 g/mol. The molecule has 2 aliphatic rings. The largest absolute Gasteiger partial charge is 0.423 e. The van der Waals surface area contributed by atoms with Crippen molar-refractivity contribution >= 4 is 39.0 Å². The zero-order valence-electron chi connectivity index (χ0n) is 17.9. The summed E-state index contributed by atoms with van der Waals surface area (Å²) in [5, 5.41) is 9.39. The van der Waals surface area contributed by atoms with E-state index in [-0.39, 0.29) is 12.1 Å². The Morgan fingerprint density at radius 3 is 2.58 bits per heavy atom. The van der Waals surface area contributed by atoms with Crippen molar-refractivity contribution in [3.8, 4) is 5.75 Å². The molecule has 6 rings (SSSR count). The Kier molecular flexibility index (Phi) is 4.88. The number of rotatable bonds is 3. The van der Waals surface area contributed by atoms with Crippen LogP contribution < -0.4 is 15.4 Å². The molecule has 3 aromatic carbocycles. The molecule has 0 spiro atoms. The van der Waals surface area contributed by atoms with Crippen molar-refractivity contribution in [2.45, 2.75) is 31.8 Å². The summed E-state index contributed by atoms with van der Waals surface area (Å²) in [5.74, 6) is 0.0585. The van der Waals surface area contributed by atoms with Gasteiger partial charge >= 0.3 is 5.97 Å². The Hall–Kier alpha value is -3.64. The average molecular weight is 455 g/mol. The highest BCUT2D eigenvalue weighted by Gasteiger charge is 2.32. The fraction of sp³-hybridized carbons (Fsp3) is 0.185. The summed E-state index contributed by atoms with van der Waals surface area (Å²) in [5.41, 5.74) is 3.49. The Labute approximate surface area is 195 Å². The number of anilines is 1. The summed E-state index contributed by atoms with van der Waals surface area (Å²) in [6.07, 6.45) is 4.07. The van der Waals surface area contributed by atoms with Gasteiger partial charge in [0.15, 0.2) is 0 Å². The fourth-order valence-electron chi connectivity index (χ4n) is 4.74. The van der Waals surface area contributed by atoms with E-state index in [1.807, 2.05) is 48.5 Å². The van der Waals surface area contributed by atoms with E-state index in [0.717, 1.165) is 46.2 Å². The molecular formula is C27H22N2O3S. The molecule has 164 valence electrons. The van der Waals surface area contributed by atoms with E-state index >= 15 is 0 Å². The van der Waals surface area contributed by atoms with Gasteiger partial charge in [-0.05, 0) is 65.8 Å². The Morgan fingerprint density at radius 2 is 1.70 bits per heavy atom. The van der Waals surface area contributed by atoms with Crippen LogP contribution in [0.5, 0.6) is 5.75 Å². The summed E-state index contributed by atoms with van der Waals surface area (Å²) in [6, 6.07) is 20.6. The first-order valence-corrected chi connectivity index (χ1v) is 12.0. The van der Waals surface area contributed by atoms with Crippen molar-refractivity contribution < 1.29 is 14.3 Å². The van der Waals surface area contributed by atoms with Crippen molar-refractivity contribution in [2.75, 3.05) is 5.32 Å². The summed E-state index contributed by atoms with van der Waals surface area (Å²) in [6.45, 7) is 0. The van der Waals surface area contributed by atoms with Gasteiger partial charge < -0.3 is 15.4 Å². The van der Waals surface area contributed by atoms with E-state index in [1.54, 1.807) is 29.5 Å². The highest BCUT2D eigenvalue weighted by molar-refractivity contribution is 7.16. The maximum atomic E-state index is 12.9. The number of amides is 1.